The Hall–Kier alpha value is -4.13. The molecule has 0 aromatic heterocycles. The van der Waals surface area contributed by atoms with E-state index >= 15 is 0 Å². The monoisotopic (exact) mass is 539 g/mol. The topological polar surface area (TPSA) is 108 Å². The van der Waals surface area contributed by atoms with Crippen LogP contribution in [-0.4, -0.2) is 33.5 Å². The fourth-order valence-corrected chi connectivity index (χ4v) is 4.47. The Morgan fingerprint density at radius 1 is 1.03 bits per heavy atom. The van der Waals surface area contributed by atoms with E-state index in [4.69, 9.17) is 14.2 Å². The fraction of sp³-hybridized carbons (Fsp3) is 0.167. The highest BCUT2D eigenvalue weighted by molar-refractivity contribution is 7.90. The van der Waals surface area contributed by atoms with Crippen LogP contribution < -0.4 is 14.2 Å². The number of carbonyl (C=O) groups excluding carboxylic acids is 2. The largest absolute Gasteiger partial charge is 0.497 e. The van der Waals surface area contributed by atoms with Crippen LogP contribution in [0, 0.1) is 5.82 Å². The van der Waals surface area contributed by atoms with E-state index in [0.29, 0.717) is 0 Å². The van der Waals surface area contributed by atoms with E-state index in [2.05, 4.69) is 0 Å². The molecule has 1 aliphatic heterocycles. The predicted octanol–water partition coefficient (Wildman–Crippen LogP) is 4.65. The minimum atomic E-state index is -4.72. The van der Waals surface area contributed by atoms with Gasteiger partial charge in [0.25, 0.3) is 10.0 Å². The average molecular weight is 539 g/mol. The van der Waals surface area contributed by atoms with Gasteiger partial charge in [-0.2, -0.15) is 13.2 Å². The van der Waals surface area contributed by atoms with Crippen LogP contribution in [0.1, 0.15) is 27.6 Å². The molecule has 0 unspecified atom stereocenters. The highest BCUT2D eigenvalue weighted by atomic mass is 32.2. The first kappa shape index (κ1) is 25.9. The summed E-state index contributed by atoms with van der Waals surface area (Å²) < 4.78 is 95.6. The fourth-order valence-electron chi connectivity index (χ4n) is 3.59. The van der Waals surface area contributed by atoms with E-state index in [1.807, 2.05) is 0 Å². The Morgan fingerprint density at radius 3 is 2.38 bits per heavy atom. The lowest BCUT2D eigenvalue weighted by atomic mass is 9.92. The van der Waals surface area contributed by atoms with Crippen LogP contribution in [0.5, 0.6) is 11.5 Å². The third-order valence-electron chi connectivity index (χ3n) is 5.36. The van der Waals surface area contributed by atoms with E-state index in [0.717, 1.165) is 42.5 Å². The highest BCUT2D eigenvalue weighted by Gasteiger charge is 2.43. The number of amides is 1. The van der Waals surface area contributed by atoms with E-state index in [1.165, 1.54) is 31.4 Å². The molecule has 1 heterocycles. The zero-order chi connectivity index (χ0) is 27.0. The molecule has 0 saturated carbocycles. The quantitative estimate of drug-likeness (QED) is 0.470. The molecular formula is C24H17F4NO7S. The molecule has 0 spiro atoms. The van der Waals surface area contributed by atoms with Crippen molar-refractivity contribution in [3.05, 3.63) is 89.2 Å². The summed E-state index contributed by atoms with van der Waals surface area (Å²) in [4.78, 5) is 25.3. The summed E-state index contributed by atoms with van der Waals surface area (Å²) in [6.45, 7) is 0. The Bertz CT molecular complexity index is 1460. The van der Waals surface area contributed by atoms with Crippen molar-refractivity contribution in [3.8, 4) is 11.5 Å². The number of alkyl halides is 3. The second-order valence-electron chi connectivity index (χ2n) is 7.77. The zero-order valence-corrected chi connectivity index (χ0v) is 19.6. The summed E-state index contributed by atoms with van der Waals surface area (Å²) in [5.41, 5.74) is -1.27. The summed E-state index contributed by atoms with van der Waals surface area (Å²) in [5.74, 6) is -1.31. The minimum Gasteiger partial charge on any atom is -0.497 e. The number of sulfonamides is 1. The van der Waals surface area contributed by atoms with Crippen molar-refractivity contribution in [2.75, 3.05) is 7.11 Å². The van der Waals surface area contributed by atoms with Crippen molar-refractivity contribution in [2.24, 2.45) is 0 Å². The Balaban J connectivity index is 1.68. The van der Waals surface area contributed by atoms with E-state index in [-0.39, 0.29) is 22.6 Å². The Morgan fingerprint density at radius 2 is 1.73 bits per heavy atom. The van der Waals surface area contributed by atoms with Crippen molar-refractivity contribution in [3.63, 3.8) is 0 Å². The van der Waals surface area contributed by atoms with Crippen LogP contribution >= 0.6 is 0 Å². The molecule has 0 bridgehead atoms. The average Bonchev–Trinajstić information content (AvgIpc) is 2.84. The second kappa shape index (κ2) is 9.73. The van der Waals surface area contributed by atoms with E-state index in [9.17, 15) is 35.6 Å². The van der Waals surface area contributed by atoms with Crippen molar-refractivity contribution >= 4 is 21.9 Å². The summed E-state index contributed by atoms with van der Waals surface area (Å²) in [5, 5.41) is 0. The van der Waals surface area contributed by atoms with Crippen LogP contribution in [-0.2, 0) is 20.9 Å². The van der Waals surface area contributed by atoms with Crippen molar-refractivity contribution in [2.45, 2.75) is 23.3 Å². The lowest BCUT2D eigenvalue weighted by Crippen LogP contribution is -2.43. The first-order chi connectivity index (χ1) is 17.4. The van der Waals surface area contributed by atoms with Gasteiger partial charge in [-0.15, -0.1) is 0 Å². The highest BCUT2D eigenvalue weighted by Crippen LogP contribution is 2.40. The van der Waals surface area contributed by atoms with Crippen LogP contribution in [0.2, 0.25) is 0 Å². The maximum Gasteiger partial charge on any atom is 0.422 e. The number of carbonyl (C=O) groups is 2. The Kier molecular flexibility index (Phi) is 6.82. The lowest BCUT2D eigenvalue weighted by Gasteiger charge is -2.32. The molecule has 0 radical (unpaired) electrons. The molecule has 1 N–H and O–H groups in total. The molecule has 8 nitrogen and oxygen atoms in total. The maximum atomic E-state index is 13.3. The molecular weight excluding hydrogens is 522 g/mol. The Labute approximate surface area is 207 Å². The molecule has 37 heavy (non-hydrogen) atoms. The van der Waals surface area contributed by atoms with E-state index in [1.54, 1.807) is 4.72 Å². The number of rotatable bonds is 5. The molecule has 3 aromatic rings. The second-order valence-corrected chi connectivity index (χ2v) is 9.46. The number of fused-ring (bicyclic) bond motifs is 1. The molecule has 0 aliphatic carbocycles. The van der Waals surface area contributed by atoms with Gasteiger partial charge in [0.05, 0.1) is 23.1 Å². The van der Waals surface area contributed by atoms with Gasteiger partial charge in [0.2, 0.25) is 11.9 Å². The molecule has 194 valence electrons. The maximum absolute atomic E-state index is 13.3. The van der Waals surface area contributed by atoms with Crippen LogP contribution in [0.4, 0.5) is 22.4 Å². The van der Waals surface area contributed by atoms with Gasteiger partial charge in [0, 0.05) is 6.07 Å². The number of hydrogen-bond acceptors (Lipinski definition) is 7. The number of benzene rings is 3. The molecule has 1 aliphatic rings. The van der Waals surface area contributed by atoms with Gasteiger partial charge in [0.15, 0.2) is 6.10 Å². The third-order valence-corrected chi connectivity index (χ3v) is 6.69. The standard InChI is InChI=1S/C24H17F4NO7S/c1-34-16-7-10-18-19(12-16)35-21(13-3-2-4-14(11-13)24(26,27)28)22(20(18)30)36-23(31)29-37(32,33)17-8-5-15(25)6-9-17/h2-12,21-22H,1H3,(H,29,31)/t21-,22+/m0/s1. The smallest absolute Gasteiger partial charge is 0.422 e. The number of hydrogen-bond donors (Lipinski definition) is 1. The summed E-state index contributed by atoms with van der Waals surface area (Å²) in [6.07, 6.45) is -9.73. The van der Waals surface area contributed by atoms with Crippen molar-refractivity contribution in [1.29, 1.82) is 0 Å². The van der Waals surface area contributed by atoms with Gasteiger partial charge in [0.1, 0.15) is 17.3 Å². The number of ketones is 1. The molecule has 13 heteroatoms. The van der Waals surface area contributed by atoms with E-state index < -0.39 is 56.6 Å². The van der Waals surface area contributed by atoms with Crippen LogP contribution in [0.25, 0.3) is 0 Å². The zero-order valence-electron chi connectivity index (χ0n) is 18.8. The van der Waals surface area contributed by atoms with Gasteiger partial charge >= 0.3 is 12.3 Å². The van der Waals surface area contributed by atoms with Crippen LogP contribution in [0.3, 0.4) is 0 Å². The first-order valence-corrected chi connectivity index (χ1v) is 11.9. The van der Waals surface area contributed by atoms with Crippen molar-refractivity contribution < 1.29 is 49.8 Å². The summed E-state index contributed by atoms with van der Waals surface area (Å²) in [7, 11) is -3.18. The van der Waals surface area contributed by atoms with Gasteiger partial charge in [-0.1, -0.05) is 12.1 Å². The van der Waals surface area contributed by atoms with Gasteiger partial charge in [-0.3, -0.25) is 4.79 Å². The van der Waals surface area contributed by atoms with Gasteiger partial charge in [-0.25, -0.2) is 22.3 Å². The minimum absolute atomic E-state index is 0.0362. The SMILES string of the molecule is COc1ccc2c(c1)O[C@@H](c1cccc(C(F)(F)F)c1)[C@H](OC(=O)NS(=O)(=O)c1ccc(F)cc1)C2=O. The molecule has 0 saturated heterocycles. The molecule has 0 fully saturated rings. The van der Waals surface area contributed by atoms with Gasteiger partial charge in [-0.05, 0) is 54.1 Å². The number of nitrogens with one attached hydrogen (secondary N) is 1. The van der Waals surface area contributed by atoms with Gasteiger partial charge < -0.3 is 14.2 Å². The summed E-state index contributed by atoms with van der Waals surface area (Å²) in [6, 6.07) is 11.4. The summed E-state index contributed by atoms with van der Waals surface area (Å²) >= 11 is 0. The molecule has 4 rings (SSSR count). The van der Waals surface area contributed by atoms with Crippen molar-refractivity contribution in [1.82, 2.24) is 4.72 Å². The number of methoxy groups -OCH3 is 1. The lowest BCUT2D eigenvalue weighted by molar-refractivity contribution is -0.137. The number of Topliss-reactive ketones (excluding diaryl/α,β-unsaturated/α-hetero) is 1. The molecule has 1 amide bonds. The first-order valence-electron chi connectivity index (χ1n) is 10.4. The predicted molar refractivity (Wildman–Crippen MR) is 119 cm³/mol. The third kappa shape index (κ3) is 5.50. The molecule has 2 atom stereocenters. The molecule has 3 aromatic carbocycles. The normalized spacial score (nSPS) is 17.4. The number of ether oxygens (including phenoxy) is 3. The van der Waals surface area contributed by atoms with Crippen LogP contribution in [0.15, 0.2) is 71.6 Å². The number of halogens is 4.